The Labute approximate surface area is 122 Å². The van der Waals surface area contributed by atoms with Gasteiger partial charge in [0, 0.05) is 5.56 Å². The molecule has 0 saturated heterocycles. The molecule has 5 nitrogen and oxygen atoms in total. The molecule has 1 amide bonds. The van der Waals surface area contributed by atoms with Crippen molar-refractivity contribution in [1.29, 1.82) is 0 Å². The van der Waals surface area contributed by atoms with E-state index in [0.717, 1.165) is 5.56 Å². The second kappa shape index (κ2) is 6.56. The van der Waals surface area contributed by atoms with Crippen molar-refractivity contribution in [2.45, 2.75) is 6.92 Å². The summed E-state index contributed by atoms with van der Waals surface area (Å²) < 4.78 is 4.99. The fourth-order valence-electron chi connectivity index (χ4n) is 1.71. The Morgan fingerprint density at radius 1 is 1.24 bits per heavy atom. The van der Waals surface area contributed by atoms with Gasteiger partial charge in [-0.05, 0) is 42.8 Å². The summed E-state index contributed by atoms with van der Waals surface area (Å²) in [5.41, 5.74) is 4.78. The monoisotopic (exact) mass is 284 g/mol. The highest BCUT2D eigenvalue weighted by molar-refractivity contribution is 5.94. The standard InChI is InChI=1S/C16H16N2O3/c1-11-3-6-13(7-4-11)16(20)18-17-10-12-5-8-14(19)15(9-12)21-2/h3-10,19H,1-2H3,(H,18,20). The van der Waals surface area contributed by atoms with Crippen molar-refractivity contribution in [2.75, 3.05) is 7.11 Å². The Bertz CT molecular complexity index is 664. The largest absolute Gasteiger partial charge is 0.504 e. The highest BCUT2D eigenvalue weighted by atomic mass is 16.5. The molecule has 0 fully saturated rings. The van der Waals surface area contributed by atoms with Gasteiger partial charge in [0.05, 0.1) is 13.3 Å². The lowest BCUT2D eigenvalue weighted by molar-refractivity contribution is 0.0955. The van der Waals surface area contributed by atoms with E-state index in [0.29, 0.717) is 16.9 Å². The van der Waals surface area contributed by atoms with Gasteiger partial charge in [0.15, 0.2) is 11.5 Å². The SMILES string of the molecule is COc1cc(C=NNC(=O)c2ccc(C)cc2)ccc1O. The van der Waals surface area contributed by atoms with Gasteiger partial charge < -0.3 is 9.84 Å². The highest BCUT2D eigenvalue weighted by Gasteiger charge is 2.03. The van der Waals surface area contributed by atoms with Crippen molar-refractivity contribution in [1.82, 2.24) is 5.43 Å². The second-order valence-corrected chi connectivity index (χ2v) is 4.50. The van der Waals surface area contributed by atoms with Gasteiger partial charge >= 0.3 is 0 Å². The van der Waals surface area contributed by atoms with Gasteiger partial charge in [0.2, 0.25) is 0 Å². The molecular formula is C16H16N2O3. The van der Waals surface area contributed by atoms with Gasteiger partial charge in [-0.25, -0.2) is 5.43 Å². The van der Waals surface area contributed by atoms with Crippen LogP contribution in [0.5, 0.6) is 11.5 Å². The van der Waals surface area contributed by atoms with E-state index in [1.807, 2.05) is 19.1 Å². The molecule has 0 aliphatic carbocycles. The summed E-state index contributed by atoms with van der Waals surface area (Å²) in [7, 11) is 1.47. The molecule has 21 heavy (non-hydrogen) atoms. The molecule has 0 saturated carbocycles. The molecule has 0 aliphatic rings. The maximum atomic E-state index is 11.8. The number of carbonyl (C=O) groups is 1. The van der Waals surface area contributed by atoms with Crippen LogP contribution < -0.4 is 10.2 Å². The number of nitrogens with zero attached hydrogens (tertiary/aromatic N) is 1. The van der Waals surface area contributed by atoms with Crippen LogP contribution in [-0.2, 0) is 0 Å². The van der Waals surface area contributed by atoms with E-state index in [-0.39, 0.29) is 11.7 Å². The first kappa shape index (κ1) is 14.6. The van der Waals surface area contributed by atoms with Gasteiger partial charge in [-0.15, -0.1) is 0 Å². The van der Waals surface area contributed by atoms with Gasteiger partial charge in [0.25, 0.3) is 5.91 Å². The van der Waals surface area contributed by atoms with E-state index in [9.17, 15) is 9.90 Å². The second-order valence-electron chi connectivity index (χ2n) is 4.50. The zero-order valence-corrected chi connectivity index (χ0v) is 11.8. The summed E-state index contributed by atoms with van der Waals surface area (Å²) in [6.07, 6.45) is 1.48. The van der Waals surface area contributed by atoms with Gasteiger partial charge in [0.1, 0.15) is 0 Å². The number of aryl methyl sites for hydroxylation is 1. The van der Waals surface area contributed by atoms with Crippen LogP contribution >= 0.6 is 0 Å². The van der Waals surface area contributed by atoms with E-state index in [4.69, 9.17) is 4.74 Å². The Morgan fingerprint density at radius 3 is 2.62 bits per heavy atom. The van der Waals surface area contributed by atoms with E-state index in [2.05, 4.69) is 10.5 Å². The third-order valence-corrected chi connectivity index (χ3v) is 2.90. The summed E-state index contributed by atoms with van der Waals surface area (Å²) in [5, 5.41) is 13.4. The molecule has 108 valence electrons. The fourth-order valence-corrected chi connectivity index (χ4v) is 1.71. The summed E-state index contributed by atoms with van der Waals surface area (Å²) >= 11 is 0. The summed E-state index contributed by atoms with van der Waals surface area (Å²) in [5.74, 6) is 0.124. The van der Waals surface area contributed by atoms with Crippen molar-refractivity contribution in [3.63, 3.8) is 0 Å². The molecule has 0 heterocycles. The number of aromatic hydroxyl groups is 1. The van der Waals surface area contributed by atoms with Crippen molar-refractivity contribution >= 4 is 12.1 Å². The van der Waals surface area contributed by atoms with Crippen molar-refractivity contribution in [3.05, 3.63) is 59.2 Å². The number of ether oxygens (including phenoxy) is 1. The molecular weight excluding hydrogens is 268 g/mol. The van der Waals surface area contributed by atoms with Gasteiger partial charge in [-0.3, -0.25) is 4.79 Å². The minimum absolute atomic E-state index is 0.0540. The minimum atomic E-state index is -0.281. The van der Waals surface area contributed by atoms with E-state index < -0.39 is 0 Å². The number of hydrazone groups is 1. The number of benzene rings is 2. The number of methoxy groups -OCH3 is 1. The number of phenols is 1. The Balaban J connectivity index is 2.02. The predicted octanol–water partition coefficient (Wildman–Crippen LogP) is 2.47. The number of rotatable bonds is 4. The zero-order valence-electron chi connectivity index (χ0n) is 11.8. The molecule has 0 bridgehead atoms. The van der Waals surface area contributed by atoms with Crippen LogP contribution in [0.1, 0.15) is 21.5 Å². The Hall–Kier alpha value is -2.82. The van der Waals surface area contributed by atoms with E-state index in [1.54, 1.807) is 24.3 Å². The van der Waals surface area contributed by atoms with Crippen LogP contribution in [0.25, 0.3) is 0 Å². The molecule has 0 radical (unpaired) electrons. The Morgan fingerprint density at radius 2 is 1.95 bits per heavy atom. The van der Waals surface area contributed by atoms with Crippen LogP contribution in [0.4, 0.5) is 0 Å². The van der Waals surface area contributed by atoms with Gasteiger partial charge in [-0.2, -0.15) is 5.10 Å². The number of hydrogen-bond acceptors (Lipinski definition) is 4. The predicted molar refractivity (Wildman–Crippen MR) is 80.9 cm³/mol. The van der Waals surface area contributed by atoms with Crippen LogP contribution in [0.2, 0.25) is 0 Å². The molecule has 0 spiro atoms. The fraction of sp³-hybridized carbons (Fsp3) is 0.125. The lowest BCUT2D eigenvalue weighted by Crippen LogP contribution is -2.17. The zero-order chi connectivity index (χ0) is 15.2. The molecule has 2 aromatic carbocycles. The third-order valence-electron chi connectivity index (χ3n) is 2.90. The van der Waals surface area contributed by atoms with Crippen molar-refractivity contribution in [3.8, 4) is 11.5 Å². The first-order valence-corrected chi connectivity index (χ1v) is 6.37. The molecule has 2 aromatic rings. The lowest BCUT2D eigenvalue weighted by atomic mass is 10.1. The van der Waals surface area contributed by atoms with Crippen LogP contribution in [-0.4, -0.2) is 24.3 Å². The number of amides is 1. The quantitative estimate of drug-likeness (QED) is 0.669. The minimum Gasteiger partial charge on any atom is -0.504 e. The maximum Gasteiger partial charge on any atom is 0.271 e. The molecule has 0 unspecified atom stereocenters. The summed E-state index contributed by atoms with van der Waals surface area (Å²) in [6, 6.07) is 12.0. The molecule has 5 heteroatoms. The summed E-state index contributed by atoms with van der Waals surface area (Å²) in [6.45, 7) is 1.96. The third kappa shape index (κ3) is 3.82. The number of phenolic OH excluding ortho intramolecular Hbond substituents is 1. The van der Waals surface area contributed by atoms with Crippen molar-refractivity contribution < 1.29 is 14.6 Å². The molecule has 0 atom stereocenters. The molecule has 2 N–H and O–H groups in total. The first-order valence-electron chi connectivity index (χ1n) is 6.37. The smallest absolute Gasteiger partial charge is 0.271 e. The van der Waals surface area contributed by atoms with Crippen LogP contribution in [0, 0.1) is 6.92 Å². The van der Waals surface area contributed by atoms with E-state index in [1.165, 1.54) is 19.4 Å². The number of nitrogens with one attached hydrogen (secondary N) is 1. The maximum absolute atomic E-state index is 11.8. The van der Waals surface area contributed by atoms with Crippen molar-refractivity contribution in [2.24, 2.45) is 5.10 Å². The lowest BCUT2D eigenvalue weighted by Gasteiger charge is -2.03. The van der Waals surface area contributed by atoms with E-state index >= 15 is 0 Å². The molecule has 0 aliphatic heterocycles. The molecule has 0 aromatic heterocycles. The number of carbonyl (C=O) groups excluding carboxylic acids is 1. The van der Waals surface area contributed by atoms with Gasteiger partial charge in [-0.1, -0.05) is 17.7 Å². The first-order chi connectivity index (χ1) is 10.1. The Kier molecular flexibility index (Phi) is 4.56. The molecule has 2 rings (SSSR count). The normalized spacial score (nSPS) is 10.6. The highest BCUT2D eigenvalue weighted by Crippen LogP contribution is 2.25. The van der Waals surface area contributed by atoms with Crippen LogP contribution in [0.3, 0.4) is 0 Å². The van der Waals surface area contributed by atoms with Crippen LogP contribution in [0.15, 0.2) is 47.6 Å². The average molecular weight is 284 g/mol. The summed E-state index contributed by atoms with van der Waals surface area (Å²) in [4.78, 5) is 11.8. The topological polar surface area (TPSA) is 70.9 Å². The number of hydrogen-bond donors (Lipinski definition) is 2. The average Bonchev–Trinajstić information content (AvgIpc) is 2.49.